The van der Waals surface area contributed by atoms with Crippen LogP contribution in [-0.2, 0) is 24.9 Å². The summed E-state index contributed by atoms with van der Waals surface area (Å²) in [5, 5.41) is 12.3. The Morgan fingerprint density at radius 3 is 2.07 bits per heavy atom. The summed E-state index contributed by atoms with van der Waals surface area (Å²) in [4.78, 5) is 13.3. The summed E-state index contributed by atoms with van der Waals surface area (Å²) in [6.07, 6.45) is 0.722. The maximum Gasteiger partial charge on any atom is 0.338 e. The maximum absolute atomic E-state index is 13.3. The van der Waals surface area contributed by atoms with Crippen molar-refractivity contribution in [3.05, 3.63) is 71.8 Å². The molecule has 8 atom stereocenters. The molecule has 5 rings (SSSR count). The second-order valence-electron chi connectivity index (χ2n) is 15.6. The van der Waals surface area contributed by atoms with Gasteiger partial charge in [0.05, 0.1) is 43.7 Å². The summed E-state index contributed by atoms with van der Waals surface area (Å²) in [5.41, 5.74) is 1.15. The lowest BCUT2D eigenvalue weighted by Gasteiger charge is -2.56. The number of rotatable bonds is 11. The molecule has 0 heterocycles. The van der Waals surface area contributed by atoms with Crippen molar-refractivity contribution in [1.82, 2.24) is 0 Å². The van der Waals surface area contributed by atoms with E-state index in [9.17, 15) is 9.90 Å². The number of carbonyl (C=O) groups is 1. The van der Waals surface area contributed by atoms with Crippen LogP contribution in [0.5, 0.6) is 0 Å². The molecule has 0 aromatic heterocycles. The van der Waals surface area contributed by atoms with E-state index in [0.29, 0.717) is 18.8 Å². The van der Waals surface area contributed by atoms with Gasteiger partial charge in [0.15, 0.2) is 16.6 Å². The first kappa shape index (κ1) is 32.6. The molecule has 0 amide bonds. The number of carbonyl (C=O) groups excluding carboxylic acids is 1. The van der Waals surface area contributed by atoms with Crippen molar-refractivity contribution in [3.8, 4) is 0 Å². The van der Waals surface area contributed by atoms with Crippen LogP contribution in [0, 0.1) is 34.5 Å². The molecule has 2 aromatic carbocycles. The Morgan fingerprint density at radius 1 is 0.860 bits per heavy atom. The molecule has 3 aliphatic rings. The third-order valence-corrected chi connectivity index (χ3v) is 12.2. The molecule has 0 aliphatic heterocycles. The molecule has 1 spiro atoms. The molecule has 0 unspecified atom stereocenters. The number of esters is 1. The zero-order valence-corrected chi connectivity index (χ0v) is 29.3. The van der Waals surface area contributed by atoms with Crippen molar-refractivity contribution in [3.63, 3.8) is 0 Å². The van der Waals surface area contributed by atoms with E-state index in [1.807, 2.05) is 36.4 Å². The highest BCUT2D eigenvalue weighted by molar-refractivity contribution is 6.70. The zero-order valence-electron chi connectivity index (χ0n) is 27.3. The number of hydrogen-bond acceptors (Lipinski definition) is 6. The van der Waals surface area contributed by atoms with E-state index in [-0.39, 0.29) is 53.2 Å². The van der Waals surface area contributed by atoms with E-state index in [4.69, 9.17) is 18.3 Å². The van der Waals surface area contributed by atoms with Crippen molar-refractivity contribution < 1.29 is 28.2 Å². The fourth-order valence-electron chi connectivity index (χ4n) is 8.95. The van der Waals surface area contributed by atoms with E-state index in [1.54, 1.807) is 12.1 Å². The van der Waals surface area contributed by atoms with Crippen LogP contribution < -0.4 is 0 Å². The van der Waals surface area contributed by atoms with Gasteiger partial charge in [-0.25, -0.2) is 4.79 Å². The Balaban J connectivity index is 1.57. The van der Waals surface area contributed by atoms with Crippen molar-refractivity contribution in [1.29, 1.82) is 0 Å². The van der Waals surface area contributed by atoms with Gasteiger partial charge in [-0.1, -0.05) is 62.4 Å². The van der Waals surface area contributed by atoms with Crippen molar-refractivity contribution >= 4 is 22.6 Å². The minimum absolute atomic E-state index is 0.0800. The summed E-state index contributed by atoms with van der Waals surface area (Å²) in [6.45, 7) is 19.2. The topological polar surface area (TPSA) is 74.2 Å². The first-order valence-electron chi connectivity index (χ1n) is 16.0. The summed E-state index contributed by atoms with van der Waals surface area (Å²) < 4.78 is 26.8. The number of aliphatic hydroxyl groups excluding tert-OH is 1. The maximum atomic E-state index is 13.3. The fourth-order valence-corrected chi connectivity index (χ4v) is 11.2. The Kier molecular flexibility index (Phi) is 9.22. The van der Waals surface area contributed by atoms with Crippen LogP contribution in [0.15, 0.2) is 60.7 Å². The second-order valence-corrected chi connectivity index (χ2v) is 24.5. The van der Waals surface area contributed by atoms with Crippen molar-refractivity contribution in [2.75, 3.05) is 13.2 Å². The second kappa shape index (κ2) is 12.2. The Labute approximate surface area is 260 Å². The average molecular weight is 625 g/mol. The Hall–Kier alpha value is -1.82. The summed E-state index contributed by atoms with van der Waals surface area (Å²) >= 11 is 0. The minimum atomic E-state index is -2.10. The SMILES string of the molecule is CC1(C)[C@H]2[C@@H](O)[C@@H](O[Si](C)(C)C)[C@@H](COC(=O)c3ccccc3)[C@]3([C@@H](COCc4ccccc4)CC[C@H]13)[C@H]2O[Si](C)(C)C. The molecule has 3 fully saturated rings. The lowest BCUT2D eigenvalue weighted by Crippen LogP contribution is -2.65. The van der Waals surface area contributed by atoms with Crippen LogP contribution in [0.3, 0.4) is 0 Å². The summed E-state index contributed by atoms with van der Waals surface area (Å²) in [5.74, 6) is -0.177. The monoisotopic (exact) mass is 624 g/mol. The molecule has 2 aromatic rings. The number of aliphatic hydroxyl groups is 1. The molecule has 0 saturated heterocycles. The Morgan fingerprint density at radius 2 is 1.47 bits per heavy atom. The van der Waals surface area contributed by atoms with Gasteiger partial charge in [0.25, 0.3) is 0 Å². The molecule has 1 N–H and O–H groups in total. The van der Waals surface area contributed by atoms with Gasteiger partial charge in [-0.05, 0) is 87.1 Å². The smallest absolute Gasteiger partial charge is 0.338 e. The number of hydrogen-bond donors (Lipinski definition) is 1. The predicted molar refractivity (Wildman–Crippen MR) is 175 cm³/mol. The molecular formula is C35H52O6Si2. The number of fused-ring (bicyclic) bond motifs is 1. The van der Waals surface area contributed by atoms with Gasteiger partial charge in [-0.15, -0.1) is 0 Å². The summed E-state index contributed by atoms with van der Waals surface area (Å²) in [7, 11) is -4.14. The van der Waals surface area contributed by atoms with Gasteiger partial charge in [0.1, 0.15) is 0 Å². The molecule has 8 heteroatoms. The molecule has 3 aliphatic carbocycles. The van der Waals surface area contributed by atoms with E-state index < -0.39 is 28.8 Å². The highest BCUT2D eigenvalue weighted by Crippen LogP contribution is 2.74. The number of benzene rings is 2. The van der Waals surface area contributed by atoms with E-state index in [2.05, 4.69) is 65.3 Å². The van der Waals surface area contributed by atoms with Gasteiger partial charge in [-0.3, -0.25) is 0 Å². The van der Waals surface area contributed by atoms with Crippen LogP contribution in [0.1, 0.15) is 42.6 Å². The third kappa shape index (κ3) is 6.33. The highest BCUT2D eigenvalue weighted by Gasteiger charge is 2.77. The van der Waals surface area contributed by atoms with Gasteiger partial charge in [0.2, 0.25) is 0 Å². The largest absolute Gasteiger partial charge is 0.462 e. The van der Waals surface area contributed by atoms with Crippen LogP contribution in [0.2, 0.25) is 39.3 Å². The number of ether oxygens (including phenoxy) is 2. The average Bonchev–Trinajstić information content (AvgIpc) is 3.37. The van der Waals surface area contributed by atoms with Crippen LogP contribution >= 0.6 is 0 Å². The van der Waals surface area contributed by atoms with Crippen LogP contribution in [0.4, 0.5) is 0 Å². The molecule has 0 radical (unpaired) electrons. The standard InChI is InChI=1S/C35H52O6Si2/c1-34(2)28-20-19-26(22-38-21-24-15-11-9-12-16-24)35(28)27(23-39-33(37)25-17-13-10-14-18-25)31(40-42(3,4)5)30(36)29(34)32(35)41-43(6,7)8/h9-18,26-32,36H,19-23H2,1-8H3/t26-,27-,28-,29+,30-,31+,32+,35+/m1/s1. The fraction of sp³-hybridized carbons (Fsp3) is 0.629. The van der Waals surface area contributed by atoms with Gasteiger partial charge < -0.3 is 23.4 Å². The quantitative estimate of drug-likeness (QED) is 0.211. The minimum Gasteiger partial charge on any atom is -0.462 e. The lowest BCUT2D eigenvalue weighted by atomic mass is 9.57. The molecular weight excluding hydrogens is 573 g/mol. The first-order chi connectivity index (χ1) is 20.2. The zero-order chi connectivity index (χ0) is 31.2. The molecule has 3 saturated carbocycles. The lowest BCUT2D eigenvalue weighted by molar-refractivity contribution is -0.191. The van der Waals surface area contributed by atoms with Crippen LogP contribution in [0.25, 0.3) is 0 Å². The van der Waals surface area contributed by atoms with Crippen molar-refractivity contribution in [2.45, 2.75) is 90.9 Å². The van der Waals surface area contributed by atoms with E-state index >= 15 is 0 Å². The van der Waals surface area contributed by atoms with E-state index in [1.165, 1.54) is 0 Å². The highest BCUT2D eigenvalue weighted by atomic mass is 28.4. The van der Waals surface area contributed by atoms with Gasteiger partial charge >= 0.3 is 5.97 Å². The Bertz CT molecular complexity index is 1240. The van der Waals surface area contributed by atoms with Crippen LogP contribution in [-0.4, -0.2) is 59.2 Å². The van der Waals surface area contributed by atoms with E-state index in [0.717, 1.165) is 18.4 Å². The normalized spacial score (nSPS) is 33.3. The predicted octanol–water partition coefficient (Wildman–Crippen LogP) is 7.16. The first-order valence-corrected chi connectivity index (χ1v) is 22.9. The third-order valence-electron chi connectivity index (χ3n) is 10.2. The molecule has 43 heavy (non-hydrogen) atoms. The van der Waals surface area contributed by atoms with Gasteiger partial charge in [0, 0.05) is 17.3 Å². The molecule has 2 bridgehead atoms. The van der Waals surface area contributed by atoms with Crippen molar-refractivity contribution in [2.24, 2.45) is 34.5 Å². The van der Waals surface area contributed by atoms with Gasteiger partial charge in [-0.2, -0.15) is 0 Å². The molecule has 236 valence electrons. The molecule has 6 nitrogen and oxygen atoms in total. The summed E-state index contributed by atoms with van der Waals surface area (Å²) in [6, 6.07) is 19.5.